The van der Waals surface area contributed by atoms with Gasteiger partial charge in [0.25, 0.3) is 0 Å². The number of aromatic nitrogens is 3. The fourth-order valence-electron chi connectivity index (χ4n) is 7.07. The number of hydrogen-bond donors (Lipinski definition) is 1. The Morgan fingerprint density at radius 2 is 1.47 bits per heavy atom. The van der Waals surface area contributed by atoms with Crippen LogP contribution in [0.2, 0.25) is 0 Å². The van der Waals surface area contributed by atoms with Gasteiger partial charge in [0.1, 0.15) is 29.0 Å². The number of rotatable bonds is 18. The lowest BCUT2D eigenvalue weighted by Crippen LogP contribution is -2.42. The number of nitrogens with two attached hydrogens (primary N) is 1. The Morgan fingerprint density at radius 3 is 2.07 bits per heavy atom. The van der Waals surface area contributed by atoms with E-state index in [1.54, 1.807) is 4.90 Å². The van der Waals surface area contributed by atoms with Crippen LogP contribution in [-0.4, -0.2) is 93.4 Å². The second-order valence-corrected chi connectivity index (χ2v) is 16.5. The van der Waals surface area contributed by atoms with E-state index in [1.807, 2.05) is 72.4 Å². The van der Waals surface area contributed by atoms with E-state index in [2.05, 4.69) is 51.9 Å². The highest BCUT2D eigenvalue weighted by atomic mass is 16.7. The molecule has 0 unspecified atom stereocenters. The van der Waals surface area contributed by atoms with Gasteiger partial charge < -0.3 is 39.0 Å². The quantitative estimate of drug-likeness (QED) is 0.126. The van der Waals surface area contributed by atoms with Crippen LogP contribution in [0.15, 0.2) is 42.9 Å². The highest BCUT2D eigenvalue weighted by Crippen LogP contribution is 2.39. The molecule has 4 rings (SSSR count). The second-order valence-electron chi connectivity index (χ2n) is 16.5. The number of carbonyl (C=O) groups excluding carboxylic acids is 2. The second kappa shape index (κ2) is 20.1. The molecule has 2 heterocycles. The van der Waals surface area contributed by atoms with E-state index >= 15 is 0 Å². The first-order valence-corrected chi connectivity index (χ1v) is 20.2. The zero-order valence-electron chi connectivity index (χ0n) is 34.8. The van der Waals surface area contributed by atoms with E-state index in [-0.39, 0.29) is 24.1 Å². The highest BCUT2D eigenvalue weighted by Gasteiger charge is 2.32. The first-order chi connectivity index (χ1) is 26.1. The number of amides is 2. The molecule has 12 nitrogen and oxygen atoms in total. The predicted octanol–water partition coefficient (Wildman–Crippen LogP) is 8.83. The number of hydrogen-bond acceptors (Lipinski definition) is 9. The molecule has 12 heteroatoms. The van der Waals surface area contributed by atoms with Gasteiger partial charge in [0.2, 0.25) is 0 Å². The van der Waals surface area contributed by atoms with E-state index in [9.17, 15) is 9.59 Å². The van der Waals surface area contributed by atoms with Crippen molar-refractivity contribution in [2.45, 2.75) is 131 Å². The van der Waals surface area contributed by atoms with Crippen molar-refractivity contribution < 1.29 is 28.5 Å². The molecule has 2 amide bonds. The van der Waals surface area contributed by atoms with Crippen LogP contribution in [0.25, 0.3) is 17.1 Å². The summed E-state index contributed by atoms with van der Waals surface area (Å²) < 4.78 is 25.3. The average molecular weight is 763 g/mol. The third kappa shape index (κ3) is 13.5. The van der Waals surface area contributed by atoms with Gasteiger partial charge >= 0.3 is 12.2 Å². The molecular weight excluding hydrogens is 697 g/mol. The minimum Gasteiger partial charge on any atom is -0.444 e. The number of fused-ring (bicyclic) bond motifs is 1. The number of aryl methyl sites for hydroxylation is 1. The molecule has 1 aliphatic carbocycles. The van der Waals surface area contributed by atoms with Crippen LogP contribution < -0.4 is 5.73 Å². The smallest absolute Gasteiger partial charge is 0.410 e. The van der Waals surface area contributed by atoms with Gasteiger partial charge in [-0.1, -0.05) is 43.7 Å². The molecule has 304 valence electrons. The number of anilines is 1. The maximum atomic E-state index is 13.7. The Labute approximate surface area is 328 Å². The van der Waals surface area contributed by atoms with Gasteiger partial charge in [0.05, 0.1) is 5.39 Å². The minimum atomic E-state index is -0.639. The Bertz CT molecular complexity index is 1690. The number of benzene rings is 1. The normalized spacial score (nSPS) is 16.3. The number of ether oxygens (including phenoxy) is 4. The molecular formula is C43H66N6O6. The molecule has 0 bridgehead atoms. The third-order valence-electron chi connectivity index (χ3n) is 9.54. The van der Waals surface area contributed by atoms with E-state index in [0.29, 0.717) is 58.1 Å². The molecule has 0 aliphatic heterocycles. The number of nitrogens with zero attached hydrogens (tertiary/aromatic N) is 5. The van der Waals surface area contributed by atoms with Gasteiger partial charge in [-0.25, -0.2) is 19.6 Å². The number of carbonyl (C=O) groups is 2. The van der Waals surface area contributed by atoms with Gasteiger partial charge in [-0.2, -0.15) is 0 Å². The number of nitrogen functional groups attached to an aromatic ring is 1. The summed E-state index contributed by atoms with van der Waals surface area (Å²) in [7, 11) is 0. The summed E-state index contributed by atoms with van der Waals surface area (Å²) in [6, 6.07) is 8.80. The molecule has 2 aromatic heterocycles. The first-order valence-electron chi connectivity index (χ1n) is 20.2. The molecule has 1 aromatic carbocycles. The van der Waals surface area contributed by atoms with Gasteiger partial charge in [0.15, 0.2) is 6.29 Å². The summed E-state index contributed by atoms with van der Waals surface area (Å²) in [5.74, 6) is 0.662. The minimum absolute atomic E-state index is 0.165. The standard InChI is InChI=1S/C43H66N6O6/c1-10-14-31-15-17-32(18-16-31)23-26-47(40(50)54-42(4,5)6)24-13-25-48(41(51)55-43(7,8)9)28-33-19-21-35(27-33)49-29-34(20-22-36(52-11-2)53-12-3)37-38(44)45-30-46-39(37)49/h15-18,20,22,29-30,33,35-36H,10-14,19,21,23-28H2,1-9H3,(H2,44,45,46)/b22-20+/t33-,35+/m1/s1. The monoisotopic (exact) mass is 763 g/mol. The molecule has 0 spiro atoms. The van der Waals surface area contributed by atoms with E-state index in [1.165, 1.54) is 17.5 Å². The summed E-state index contributed by atoms with van der Waals surface area (Å²) in [5.41, 5.74) is 9.32. The summed E-state index contributed by atoms with van der Waals surface area (Å²) in [4.78, 5) is 39.5. The van der Waals surface area contributed by atoms with Crippen LogP contribution in [0.1, 0.15) is 117 Å². The van der Waals surface area contributed by atoms with Crippen molar-refractivity contribution in [1.29, 1.82) is 0 Å². The van der Waals surface area contributed by atoms with Gasteiger partial charge in [0, 0.05) is 57.2 Å². The van der Waals surface area contributed by atoms with E-state index in [4.69, 9.17) is 24.7 Å². The Balaban J connectivity index is 1.47. The Morgan fingerprint density at radius 1 is 0.873 bits per heavy atom. The molecule has 2 N–H and O–H groups in total. The van der Waals surface area contributed by atoms with E-state index in [0.717, 1.165) is 48.7 Å². The summed E-state index contributed by atoms with van der Waals surface area (Å²) in [5, 5.41) is 0.798. The van der Waals surface area contributed by atoms with Crippen molar-refractivity contribution in [2.24, 2.45) is 5.92 Å². The molecule has 0 saturated heterocycles. The average Bonchev–Trinajstić information content (AvgIpc) is 3.72. The maximum Gasteiger partial charge on any atom is 0.410 e. The van der Waals surface area contributed by atoms with Crippen molar-refractivity contribution >= 4 is 35.1 Å². The molecule has 1 fully saturated rings. The summed E-state index contributed by atoms with van der Waals surface area (Å²) in [6.07, 6.45) is 12.5. The lowest BCUT2D eigenvalue weighted by molar-refractivity contribution is -0.103. The van der Waals surface area contributed by atoms with Crippen molar-refractivity contribution in [2.75, 3.05) is 45.1 Å². The third-order valence-corrected chi connectivity index (χ3v) is 9.54. The fourth-order valence-corrected chi connectivity index (χ4v) is 7.07. The van der Waals surface area contributed by atoms with Crippen molar-refractivity contribution in [3.8, 4) is 0 Å². The molecule has 55 heavy (non-hydrogen) atoms. The molecule has 1 aliphatic rings. The van der Waals surface area contributed by atoms with Gasteiger partial charge in [-0.3, -0.25) is 0 Å². The molecule has 3 aromatic rings. The van der Waals surface area contributed by atoms with Crippen LogP contribution in [0.4, 0.5) is 15.4 Å². The van der Waals surface area contributed by atoms with Crippen LogP contribution in [-0.2, 0) is 31.8 Å². The summed E-state index contributed by atoms with van der Waals surface area (Å²) in [6.45, 7) is 20.4. The Kier molecular flexibility index (Phi) is 15.9. The SMILES string of the molecule is CCCc1ccc(CCN(CCCN(C[C@@H]2CC[C@H](n3cc(/C=C/C(OCC)OCC)c4c(N)ncnc43)C2)C(=O)OC(C)(C)C)C(=O)OC(C)(C)C)cc1. The highest BCUT2D eigenvalue weighted by molar-refractivity contribution is 5.94. The Hall–Kier alpha value is -4.16. The molecule has 1 saturated carbocycles. The predicted molar refractivity (Wildman–Crippen MR) is 219 cm³/mol. The summed E-state index contributed by atoms with van der Waals surface area (Å²) >= 11 is 0. The van der Waals surface area contributed by atoms with Crippen molar-refractivity contribution in [3.63, 3.8) is 0 Å². The van der Waals surface area contributed by atoms with Crippen molar-refractivity contribution in [1.82, 2.24) is 24.3 Å². The van der Waals surface area contributed by atoms with Crippen molar-refractivity contribution in [3.05, 3.63) is 59.6 Å². The van der Waals surface area contributed by atoms with E-state index < -0.39 is 17.5 Å². The molecule has 0 radical (unpaired) electrons. The lowest BCUT2D eigenvalue weighted by atomic mass is 10.1. The fraction of sp³-hybridized carbons (Fsp3) is 0.628. The van der Waals surface area contributed by atoms with Gasteiger partial charge in [-0.05, 0) is 117 Å². The van der Waals surface area contributed by atoms with Crippen LogP contribution in [0, 0.1) is 5.92 Å². The van der Waals surface area contributed by atoms with Crippen LogP contribution in [0.3, 0.4) is 0 Å². The van der Waals surface area contributed by atoms with Crippen LogP contribution in [0.5, 0.6) is 0 Å². The molecule has 2 atom stereocenters. The topological polar surface area (TPSA) is 134 Å². The zero-order valence-corrected chi connectivity index (χ0v) is 34.8. The zero-order chi connectivity index (χ0) is 40.2. The first kappa shape index (κ1) is 43.6. The maximum absolute atomic E-state index is 13.7. The van der Waals surface area contributed by atoms with Crippen LogP contribution >= 0.6 is 0 Å². The largest absolute Gasteiger partial charge is 0.444 e. The lowest BCUT2D eigenvalue weighted by Gasteiger charge is -2.31. The van der Waals surface area contributed by atoms with Gasteiger partial charge in [-0.15, -0.1) is 0 Å².